The third kappa shape index (κ3) is 4.39. The summed E-state index contributed by atoms with van der Waals surface area (Å²) in [7, 11) is -4.68. The Labute approximate surface area is 152 Å². The van der Waals surface area contributed by atoms with Gasteiger partial charge in [-0.15, -0.1) is 0 Å². The van der Waals surface area contributed by atoms with Crippen molar-refractivity contribution in [2.75, 3.05) is 6.61 Å². The molecule has 0 heterocycles. The molecule has 0 fully saturated rings. The Kier molecular flexibility index (Phi) is 5.68. The van der Waals surface area contributed by atoms with Crippen molar-refractivity contribution in [2.24, 2.45) is 0 Å². The minimum Gasteiger partial charge on any atom is -0.490 e. The molecule has 0 saturated carbocycles. The van der Waals surface area contributed by atoms with Gasteiger partial charge in [-0.05, 0) is 37.3 Å². The molecule has 0 aliphatic rings. The van der Waals surface area contributed by atoms with E-state index in [1.165, 1.54) is 18.2 Å². The van der Waals surface area contributed by atoms with E-state index < -0.39 is 31.8 Å². The van der Waals surface area contributed by atoms with Crippen molar-refractivity contribution < 1.29 is 30.5 Å². The molecule has 2 rings (SSSR count). The fourth-order valence-electron chi connectivity index (χ4n) is 1.95. The summed E-state index contributed by atoms with van der Waals surface area (Å²) in [6.07, 6.45) is -4.75. The molecule has 5 nitrogen and oxygen atoms in total. The van der Waals surface area contributed by atoms with Gasteiger partial charge in [0.2, 0.25) is 0 Å². The summed E-state index contributed by atoms with van der Waals surface area (Å²) in [5.74, 6) is -0.322. The van der Waals surface area contributed by atoms with Crippen LogP contribution in [-0.4, -0.2) is 15.0 Å². The maximum absolute atomic E-state index is 12.8. The zero-order valence-electron chi connectivity index (χ0n) is 13.2. The topological polar surface area (TPSA) is 76.4 Å². The molecule has 0 N–H and O–H groups in total. The van der Waals surface area contributed by atoms with Crippen LogP contribution in [0.25, 0.3) is 0 Å². The van der Waals surface area contributed by atoms with Gasteiger partial charge in [0.1, 0.15) is 4.90 Å². The van der Waals surface area contributed by atoms with Crippen LogP contribution in [-0.2, 0) is 16.3 Å². The van der Waals surface area contributed by atoms with Crippen molar-refractivity contribution in [1.29, 1.82) is 5.26 Å². The molecule has 0 aromatic heterocycles. The molecule has 2 aromatic rings. The maximum Gasteiger partial charge on any atom is 0.416 e. The number of hydrogen-bond acceptors (Lipinski definition) is 5. The molecular formula is C16H11ClF3NO4S. The molecule has 0 bridgehead atoms. The Bertz CT molecular complexity index is 968. The third-order valence-electron chi connectivity index (χ3n) is 3.10. The predicted octanol–water partition coefficient (Wildman–Crippen LogP) is 4.40. The Hall–Kier alpha value is -2.44. The van der Waals surface area contributed by atoms with Crippen LogP contribution in [0.15, 0.2) is 41.3 Å². The first-order valence-corrected chi connectivity index (χ1v) is 8.85. The Morgan fingerprint density at radius 2 is 1.85 bits per heavy atom. The summed E-state index contributed by atoms with van der Waals surface area (Å²) >= 11 is 5.74. The molecule has 0 amide bonds. The molecule has 26 heavy (non-hydrogen) atoms. The number of halogens is 4. The van der Waals surface area contributed by atoms with Crippen LogP contribution in [0.2, 0.25) is 5.02 Å². The maximum atomic E-state index is 12.8. The number of rotatable bonds is 5. The average Bonchev–Trinajstić information content (AvgIpc) is 2.55. The number of benzene rings is 2. The van der Waals surface area contributed by atoms with Crippen molar-refractivity contribution in [2.45, 2.75) is 18.0 Å². The summed E-state index contributed by atoms with van der Waals surface area (Å²) in [6, 6.07) is 7.42. The number of alkyl halides is 3. The normalized spacial score (nSPS) is 11.7. The number of ether oxygens (including phenoxy) is 1. The van der Waals surface area contributed by atoms with Gasteiger partial charge in [-0.2, -0.15) is 26.9 Å². The molecule has 0 saturated heterocycles. The predicted molar refractivity (Wildman–Crippen MR) is 86.6 cm³/mol. The first-order chi connectivity index (χ1) is 12.1. The second kappa shape index (κ2) is 7.43. The van der Waals surface area contributed by atoms with E-state index in [1.807, 2.05) is 6.07 Å². The third-order valence-corrected chi connectivity index (χ3v) is 4.82. The number of nitriles is 1. The van der Waals surface area contributed by atoms with Crippen molar-refractivity contribution in [1.82, 2.24) is 0 Å². The summed E-state index contributed by atoms with van der Waals surface area (Å²) in [6.45, 7) is 1.77. The highest BCUT2D eigenvalue weighted by Crippen LogP contribution is 2.36. The lowest BCUT2D eigenvalue weighted by atomic mass is 10.2. The van der Waals surface area contributed by atoms with Gasteiger partial charge in [0.05, 0.1) is 28.8 Å². The Morgan fingerprint density at radius 3 is 2.42 bits per heavy atom. The molecule has 0 aliphatic heterocycles. The summed E-state index contributed by atoms with van der Waals surface area (Å²) < 4.78 is 73.5. The van der Waals surface area contributed by atoms with E-state index in [0.29, 0.717) is 12.1 Å². The highest BCUT2D eigenvalue weighted by Gasteiger charge is 2.33. The van der Waals surface area contributed by atoms with Crippen LogP contribution in [0.4, 0.5) is 13.2 Å². The summed E-state index contributed by atoms with van der Waals surface area (Å²) in [5.41, 5.74) is -0.996. The zero-order chi connectivity index (χ0) is 19.5. The fourth-order valence-corrected chi connectivity index (χ4v) is 3.39. The van der Waals surface area contributed by atoms with Gasteiger partial charge in [-0.1, -0.05) is 11.6 Å². The van der Waals surface area contributed by atoms with Crippen LogP contribution >= 0.6 is 11.6 Å². The highest BCUT2D eigenvalue weighted by atomic mass is 35.5. The van der Waals surface area contributed by atoms with Gasteiger partial charge in [0, 0.05) is 6.07 Å². The van der Waals surface area contributed by atoms with Gasteiger partial charge in [-0.25, -0.2) is 0 Å². The minimum absolute atomic E-state index is 0.0433. The highest BCUT2D eigenvalue weighted by molar-refractivity contribution is 7.87. The summed E-state index contributed by atoms with van der Waals surface area (Å²) in [5, 5.41) is 8.46. The van der Waals surface area contributed by atoms with Gasteiger partial charge >= 0.3 is 16.3 Å². The van der Waals surface area contributed by atoms with Crippen LogP contribution < -0.4 is 8.92 Å². The fraction of sp³-hybridized carbons (Fsp3) is 0.188. The molecule has 0 radical (unpaired) electrons. The van der Waals surface area contributed by atoms with Crippen molar-refractivity contribution >= 4 is 21.7 Å². The van der Waals surface area contributed by atoms with Gasteiger partial charge in [0.15, 0.2) is 11.5 Å². The van der Waals surface area contributed by atoms with Gasteiger partial charge < -0.3 is 8.92 Å². The SMILES string of the molecule is CCOc1cc(C#N)ccc1OS(=O)(=O)c1cc(C(F)(F)F)ccc1Cl. The van der Waals surface area contributed by atoms with Crippen LogP contribution in [0.5, 0.6) is 11.5 Å². The second-order valence-corrected chi connectivity index (χ2v) is 6.81. The quantitative estimate of drug-likeness (QED) is 0.689. The van der Waals surface area contributed by atoms with E-state index in [0.717, 1.165) is 6.07 Å². The Morgan fingerprint density at radius 1 is 1.15 bits per heavy atom. The van der Waals surface area contributed by atoms with Crippen molar-refractivity contribution in [3.05, 3.63) is 52.5 Å². The molecule has 0 unspecified atom stereocenters. The van der Waals surface area contributed by atoms with E-state index >= 15 is 0 Å². The van der Waals surface area contributed by atoms with Gasteiger partial charge in [-0.3, -0.25) is 0 Å². The molecule has 0 aliphatic carbocycles. The second-order valence-electron chi connectivity index (χ2n) is 4.89. The first-order valence-electron chi connectivity index (χ1n) is 7.06. The van der Waals surface area contributed by atoms with E-state index in [2.05, 4.69) is 0 Å². The molecule has 10 heteroatoms. The van der Waals surface area contributed by atoms with Crippen LogP contribution in [0.3, 0.4) is 0 Å². The van der Waals surface area contributed by atoms with E-state index in [4.69, 9.17) is 25.8 Å². The van der Waals surface area contributed by atoms with Crippen molar-refractivity contribution in [3.8, 4) is 17.6 Å². The monoisotopic (exact) mass is 405 g/mol. The van der Waals surface area contributed by atoms with Gasteiger partial charge in [0.25, 0.3) is 0 Å². The number of nitrogens with zero attached hydrogens (tertiary/aromatic N) is 1. The molecule has 0 atom stereocenters. The first kappa shape index (κ1) is 19.9. The van der Waals surface area contributed by atoms with E-state index in [-0.39, 0.29) is 23.7 Å². The van der Waals surface area contributed by atoms with E-state index in [1.54, 1.807) is 6.92 Å². The lowest BCUT2D eigenvalue weighted by Gasteiger charge is -2.14. The zero-order valence-corrected chi connectivity index (χ0v) is 14.7. The average molecular weight is 406 g/mol. The lowest BCUT2D eigenvalue weighted by Crippen LogP contribution is -2.13. The molecule has 2 aromatic carbocycles. The minimum atomic E-state index is -4.75. The molecular weight excluding hydrogens is 395 g/mol. The van der Waals surface area contributed by atoms with Crippen molar-refractivity contribution in [3.63, 3.8) is 0 Å². The summed E-state index contributed by atoms with van der Waals surface area (Å²) in [4.78, 5) is -0.833. The molecule has 0 spiro atoms. The Balaban J connectivity index is 2.49. The smallest absolute Gasteiger partial charge is 0.416 e. The lowest BCUT2D eigenvalue weighted by molar-refractivity contribution is -0.137. The number of hydrogen-bond donors (Lipinski definition) is 0. The van der Waals surface area contributed by atoms with E-state index in [9.17, 15) is 21.6 Å². The standard InChI is InChI=1S/C16H11ClF3NO4S/c1-2-24-14-7-10(9-21)3-6-13(14)25-26(22,23)15-8-11(16(18,19)20)4-5-12(15)17/h3-8H,2H2,1H3. The largest absolute Gasteiger partial charge is 0.490 e. The van der Waals surface area contributed by atoms with Crippen LogP contribution in [0.1, 0.15) is 18.1 Å². The molecule has 138 valence electrons. The van der Waals surface area contributed by atoms with Crippen LogP contribution in [0, 0.1) is 11.3 Å².